The van der Waals surface area contributed by atoms with Gasteiger partial charge in [0.25, 0.3) is 5.69 Å². The van der Waals surface area contributed by atoms with Crippen LogP contribution in [0, 0.1) is 10.1 Å². The molecule has 0 aromatic heterocycles. The van der Waals surface area contributed by atoms with E-state index in [0.29, 0.717) is 12.2 Å². The minimum Gasteiger partial charge on any atom is -0.334 e. The number of benzene rings is 2. The molecule has 23 heavy (non-hydrogen) atoms. The molecule has 2 aromatic rings. The van der Waals surface area contributed by atoms with Crippen molar-refractivity contribution < 1.29 is 9.72 Å². The first-order chi connectivity index (χ1) is 11.1. The first kappa shape index (κ1) is 16.6. The number of nitro groups is 1. The summed E-state index contributed by atoms with van der Waals surface area (Å²) in [5, 5.41) is 15.9. The van der Waals surface area contributed by atoms with Crippen molar-refractivity contribution in [3.05, 3.63) is 71.3 Å². The molecule has 0 heterocycles. The summed E-state index contributed by atoms with van der Waals surface area (Å²) in [4.78, 5) is 23.6. The van der Waals surface area contributed by atoms with Crippen molar-refractivity contribution in [1.82, 2.24) is 5.32 Å². The summed E-state index contributed by atoms with van der Waals surface area (Å²) in [5.41, 5.74) is 0.749. The van der Waals surface area contributed by atoms with E-state index >= 15 is 0 Å². The van der Waals surface area contributed by atoms with E-state index in [1.165, 1.54) is 23.9 Å². The lowest BCUT2D eigenvalue weighted by Gasteiger charge is -2.07. The fourth-order valence-electron chi connectivity index (χ4n) is 1.72. The molecule has 2 amide bonds. The van der Waals surface area contributed by atoms with Crippen LogP contribution in [0.25, 0.3) is 0 Å². The molecular weight excluding hydrogens is 314 g/mol. The molecule has 7 heteroatoms. The Morgan fingerprint density at radius 2 is 1.70 bits per heavy atom. The number of rotatable bonds is 6. The van der Waals surface area contributed by atoms with Crippen LogP contribution in [0.15, 0.2) is 71.0 Å². The minimum atomic E-state index is -0.424. The van der Waals surface area contributed by atoms with Gasteiger partial charge in [0.2, 0.25) is 0 Å². The predicted octanol–water partition coefficient (Wildman–Crippen LogP) is 4.05. The third-order valence-electron chi connectivity index (χ3n) is 2.80. The number of anilines is 1. The Morgan fingerprint density at radius 1 is 1.13 bits per heavy atom. The minimum absolute atomic E-state index is 0.0689. The third kappa shape index (κ3) is 5.15. The first-order valence-electron chi connectivity index (χ1n) is 6.76. The molecule has 0 bridgehead atoms. The molecule has 0 atom stereocenters. The topological polar surface area (TPSA) is 84.3 Å². The maximum atomic E-state index is 11.5. The number of non-ortho nitro benzene ring substituents is 1. The quantitative estimate of drug-likeness (QED) is 0.475. The third-order valence-corrected chi connectivity index (χ3v) is 3.82. The lowest BCUT2D eigenvalue weighted by molar-refractivity contribution is -0.384. The Kier molecular flexibility index (Phi) is 5.76. The van der Waals surface area contributed by atoms with E-state index in [4.69, 9.17) is 0 Å². The maximum Gasteiger partial charge on any atom is 0.319 e. The van der Waals surface area contributed by atoms with Crippen molar-refractivity contribution in [2.75, 3.05) is 11.9 Å². The molecule has 2 N–H and O–H groups in total. The average molecular weight is 329 g/mol. The maximum absolute atomic E-state index is 11.5. The Morgan fingerprint density at radius 3 is 2.22 bits per heavy atom. The second-order valence-electron chi connectivity index (χ2n) is 4.50. The van der Waals surface area contributed by atoms with Crippen LogP contribution in [0.4, 0.5) is 16.2 Å². The van der Waals surface area contributed by atoms with E-state index in [1.54, 1.807) is 30.3 Å². The molecule has 0 fully saturated rings. The van der Waals surface area contributed by atoms with Crippen molar-refractivity contribution in [1.29, 1.82) is 0 Å². The highest BCUT2D eigenvalue weighted by Gasteiger charge is 2.05. The number of carbonyl (C=O) groups is 1. The molecule has 6 nitrogen and oxygen atoms in total. The van der Waals surface area contributed by atoms with Crippen molar-refractivity contribution >= 4 is 29.2 Å². The van der Waals surface area contributed by atoms with Crippen LogP contribution in [-0.4, -0.2) is 17.5 Å². The lowest BCUT2D eigenvalue weighted by Crippen LogP contribution is -2.28. The van der Waals surface area contributed by atoms with Gasteiger partial charge in [-0.1, -0.05) is 17.8 Å². The van der Waals surface area contributed by atoms with Gasteiger partial charge in [0.1, 0.15) is 0 Å². The van der Waals surface area contributed by atoms with Crippen LogP contribution in [0.3, 0.4) is 0 Å². The van der Waals surface area contributed by atoms with Crippen LogP contribution >= 0.6 is 11.8 Å². The summed E-state index contributed by atoms with van der Waals surface area (Å²) in [6, 6.07) is 13.4. The van der Waals surface area contributed by atoms with Crippen LogP contribution in [0.5, 0.6) is 0 Å². The van der Waals surface area contributed by atoms with Gasteiger partial charge in [-0.2, -0.15) is 0 Å². The molecule has 2 rings (SSSR count). The summed E-state index contributed by atoms with van der Waals surface area (Å²) in [7, 11) is 0. The van der Waals surface area contributed by atoms with Gasteiger partial charge in [0.05, 0.1) is 4.92 Å². The van der Waals surface area contributed by atoms with Gasteiger partial charge in [-0.15, -0.1) is 6.58 Å². The zero-order chi connectivity index (χ0) is 16.7. The lowest BCUT2D eigenvalue weighted by atomic mass is 10.3. The normalized spacial score (nSPS) is 9.91. The van der Waals surface area contributed by atoms with Crippen molar-refractivity contribution in [3.63, 3.8) is 0 Å². The fraction of sp³-hybridized carbons (Fsp3) is 0.0625. The van der Waals surface area contributed by atoms with E-state index in [0.717, 1.165) is 9.79 Å². The van der Waals surface area contributed by atoms with Crippen molar-refractivity contribution in [3.8, 4) is 0 Å². The second kappa shape index (κ2) is 8.00. The number of hydrogen-bond acceptors (Lipinski definition) is 4. The van der Waals surface area contributed by atoms with Gasteiger partial charge in [0.15, 0.2) is 0 Å². The molecule has 0 saturated heterocycles. The number of amides is 2. The Bertz CT molecular complexity index is 700. The highest BCUT2D eigenvalue weighted by molar-refractivity contribution is 7.99. The molecule has 118 valence electrons. The number of nitro benzene ring substituents is 1. The van der Waals surface area contributed by atoms with E-state index in [-0.39, 0.29) is 11.7 Å². The highest BCUT2D eigenvalue weighted by atomic mass is 32.2. The predicted molar refractivity (Wildman–Crippen MR) is 90.9 cm³/mol. The summed E-state index contributed by atoms with van der Waals surface area (Å²) >= 11 is 1.49. The SMILES string of the molecule is C=CCNC(=O)Nc1ccc(Sc2ccc([N+](=O)[O-])cc2)cc1. The molecule has 0 aliphatic carbocycles. The number of carbonyl (C=O) groups excluding carboxylic acids is 1. The van der Waals surface area contributed by atoms with E-state index in [2.05, 4.69) is 17.2 Å². The Labute approximate surface area is 137 Å². The molecule has 0 aliphatic heterocycles. The van der Waals surface area contributed by atoms with Crippen LogP contribution in [0.2, 0.25) is 0 Å². The number of nitrogens with zero attached hydrogens (tertiary/aromatic N) is 1. The van der Waals surface area contributed by atoms with Crippen LogP contribution < -0.4 is 10.6 Å². The number of hydrogen-bond donors (Lipinski definition) is 2. The summed E-state index contributed by atoms with van der Waals surface area (Å²) in [6.45, 7) is 3.93. The van der Waals surface area contributed by atoms with Crippen LogP contribution in [0.1, 0.15) is 0 Å². The van der Waals surface area contributed by atoms with Crippen molar-refractivity contribution in [2.45, 2.75) is 9.79 Å². The summed E-state index contributed by atoms with van der Waals surface area (Å²) in [5.74, 6) is 0. The monoisotopic (exact) mass is 329 g/mol. The van der Waals surface area contributed by atoms with Crippen LogP contribution in [-0.2, 0) is 0 Å². The zero-order valence-corrected chi connectivity index (χ0v) is 13.0. The van der Waals surface area contributed by atoms with Gasteiger partial charge >= 0.3 is 6.03 Å². The summed E-state index contributed by atoms with van der Waals surface area (Å²) < 4.78 is 0. The van der Waals surface area contributed by atoms with E-state index < -0.39 is 4.92 Å². The molecular formula is C16H15N3O3S. The van der Waals surface area contributed by atoms with Gasteiger partial charge in [-0.3, -0.25) is 10.1 Å². The average Bonchev–Trinajstić information content (AvgIpc) is 2.55. The standard InChI is InChI=1S/C16H15N3O3S/c1-2-11-17-16(20)18-12-3-7-14(8-4-12)23-15-9-5-13(6-10-15)19(21)22/h2-10H,1,11H2,(H2,17,18,20). The van der Waals surface area contributed by atoms with Gasteiger partial charge < -0.3 is 10.6 Å². The van der Waals surface area contributed by atoms with Gasteiger partial charge in [0, 0.05) is 34.2 Å². The Hall–Kier alpha value is -2.80. The summed E-state index contributed by atoms with van der Waals surface area (Å²) in [6.07, 6.45) is 1.60. The molecule has 0 spiro atoms. The van der Waals surface area contributed by atoms with Gasteiger partial charge in [-0.25, -0.2) is 4.79 Å². The van der Waals surface area contributed by atoms with E-state index in [1.807, 2.05) is 12.1 Å². The molecule has 0 unspecified atom stereocenters. The fourth-order valence-corrected chi connectivity index (χ4v) is 2.53. The number of nitrogens with one attached hydrogen (secondary N) is 2. The smallest absolute Gasteiger partial charge is 0.319 e. The highest BCUT2D eigenvalue weighted by Crippen LogP contribution is 2.29. The second-order valence-corrected chi connectivity index (χ2v) is 5.65. The largest absolute Gasteiger partial charge is 0.334 e. The molecule has 0 saturated carbocycles. The van der Waals surface area contributed by atoms with Gasteiger partial charge in [-0.05, 0) is 36.4 Å². The molecule has 2 aromatic carbocycles. The van der Waals surface area contributed by atoms with Crippen molar-refractivity contribution in [2.24, 2.45) is 0 Å². The molecule has 0 aliphatic rings. The number of urea groups is 1. The van der Waals surface area contributed by atoms with E-state index in [9.17, 15) is 14.9 Å². The first-order valence-corrected chi connectivity index (χ1v) is 7.58. The zero-order valence-electron chi connectivity index (χ0n) is 12.2. The molecule has 0 radical (unpaired) electrons. The Balaban J connectivity index is 1.95.